The number of aliphatic hydroxyl groups is 1. The van der Waals surface area contributed by atoms with Gasteiger partial charge in [0.25, 0.3) is 11.7 Å². The normalized spacial score (nSPS) is 16.6. The van der Waals surface area contributed by atoms with Crippen LogP contribution in [0.15, 0.2) is 66.2 Å². The summed E-state index contributed by atoms with van der Waals surface area (Å²) in [6.07, 6.45) is -0.0296. The predicted octanol–water partition coefficient (Wildman–Crippen LogP) is 5.78. The molecule has 0 aromatic heterocycles. The van der Waals surface area contributed by atoms with E-state index in [9.17, 15) is 14.7 Å². The van der Waals surface area contributed by atoms with Gasteiger partial charge in [-0.2, -0.15) is 0 Å². The number of hydrogen-bond donors (Lipinski definition) is 1. The zero-order valence-corrected chi connectivity index (χ0v) is 22.4. The number of ketones is 1. The van der Waals surface area contributed by atoms with Crippen molar-refractivity contribution in [2.24, 2.45) is 0 Å². The molecule has 8 nitrogen and oxygen atoms in total. The summed E-state index contributed by atoms with van der Waals surface area (Å²) < 4.78 is 21.7. The van der Waals surface area contributed by atoms with Crippen LogP contribution in [-0.4, -0.2) is 44.2 Å². The van der Waals surface area contributed by atoms with E-state index in [0.29, 0.717) is 28.5 Å². The van der Waals surface area contributed by atoms with Crippen molar-refractivity contribution in [1.29, 1.82) is 0 Å². The van der Waals surface area contributed by atoms with Crippen LogP contribution < -0.4 is 23.8 Å². The minimum atomic E-state index is -0.943. The van der Waals surface area contributed by atoms with Crippen LogP contribution in [0.25, 0.3) is 5.76 Å². The van der Waals surface area contributed by atoms with Crippen LogP contribution >= 0.6 is 11.6 Å². The average molecular weight is 538 g/mol. The van der Waals surface area contributed by atoms with E-state index in [4.69, 9.17) is 30.5 Å². The van der Waals surface area contributed by atoms with Crippen molar-refractivity contribution in [3.05, 3.63) is 82.4 Å². The van der Waals surface area contributed by atoms with E-state index in [2.05, 4.69) is 0 Å². The molecule has 0 bridgehead atoms. The van der Waals surface area contributed by atoms with Gasteiger partial charge in [0.05, 0.1) is 49.6 Å². The van der Waals surface area contributed by atoms with Gasteiger partial charge in [-0.1, -0.05) is 23.7 Å². The number of halogens is 1. The van der Waals surface area contributed by atoms with Gasteiger partial charge in [0.15, 0.2) is 0 Å². The number of rotatable bonds is 8. The molecule has 198 valence electrons. The van der Waals surface area contributed by atoms with Crippen molar-refractivity contribution in [3.63, 3.8) is 0 Å². The summed E-state index contributed by atoms with van der Waals surface area (Å²) in [5, 5.41) is 11.7. The van der Waals surface area contributed by atoms with Gasteiger partial charge in [0, 0.05) is 11.8 Å². The smallest absolute Gasteiger partial charge is 0.300 e. The number of Topliss-reactive ketones (excluding diaryl/α,β-unsaturated/α-hetero) is 1. The first-order chi connectivity index (χ1) is 18.2. The molecule has 0 aliphatic carbocycles. The summed E-state index contributed by atoms with van der Waals surface area (Å²) in [7, 11) is 4.41. The quantitative estimate of drug-likeness (QED) is 0.221. The number of aliphatic hydroxyl groups excluding tert-OH is 1. The molecule has 3 aromatic carbocycles. The van der Waals surface area contributed by atoms with Gasteiger partial charge in [-0.25, -0.2) is 0 Å². The maximum atomic E-state index is 13.5. The van der Waals surface area contributed by atoms with Gasteiger partial charge in [0.2, 0.25) is 0 Å². The molecule has 1 atom stereocenters. The predicted molar refractivity (Wildman–Crippen MR) is 145 cm³/mol. The molecule has 0 spiro atoms. The topological polar surface area (TPSA) is 94.5 Å². The standard InChI is InChI=1S/C29H28ClNO7/c1-16(2)38-20-10-6-17(7-11-20)26-25(27(32)21-14-22(30)24(37-5)15-23(21)36-4)28(33)29(34)31(26)18-8-12-19(35-3)13-9-18/h6-16,26,32H,1-5H3/b27-25+. The minimum absolute atomic E-state index is 0.0296. The molecule has 1 amide bonds. The highest BCUT2D eigenvalue weighted by Gasteiger charge is 2.47. The average Bonchev–Trinajstić information content (AvgIpc) is 3.18. The van der Waals surface area contributed by atoms with Crippen molar-refractivity contribution < 1.29 is 33.6 Å². The molecule has 1 N–H and O–H groups in total. The molecule has 1 fully saturated rings. The summed E-state index contributed by atoms with van der Waals surface area (Å²) in [6, 6.07) is 15.8. The Morgan fingerprint density at radius 2 is 1.47 bits per heavy atom. The van der Waals surface area contributed by atoms with Gasteiger partial charge < -0.3 is 24.1 Å². The van der Waals surface area contributed by atoms with Crippen molar-refractivity contribution in [3.8, 4) is 23.0 Å². The molecule has 1 aliphatic rings. The molecule has 4 rings (SSSR count). The van der Waals surface area contributed by atoms with E-state index in [1.165, 1.54) is 38.4 Å². The van der Waals surface area contributed by atoms with Crippen LogP contribution in [0.3, 0.4) is 0 Å². The summed E-state index contributed by atoms with van der Waals surface area (Å²) in [6.45, 7) is 3.83. The van der Waals surface area contributed by atoms with Crippen molar-refractivity contribution in [2.45, 2.75) is 26.0 Å². The lowest BCUT2D eigenvalue weighted by molar-refractivity contribution is -0.132. The van der Waals surface area contributed by atoms with E-state index in [0.717, 1.165) is 0 Å². The Hall–Kier alpha value is -4.17. The van der Waals surface area contributed by atoms with Crippen molar-refractivity contribution in [1.82, 2.24) is 0 Å². The number of methoxy groups -OCH3 is 3. The van der Waals surface area contributed by atoms with Crippen LogP contribution in [-0.2, 0) is 9.59 Å². The van der Waals surface area contributed by atoms with E-state index in [1.807, 2.05) is 13.8 Å². The Kier molecular flexibility index (Phi) is 7.83. The van der Waals surface area contributed by atoms with E-state index < -0.39 is 23.5 Å². The third kappa shape index (κ3) is 4.99. The highest BCUT2D eigenvalue weighted by atomic mass is 35.5. The molecule has 0 saturated carbocycles. The highest BCUT2D eigenvalue weighted by Crippen LogP contribution is 2.45. The second-order valence-electron chi connectivity index (χ2n) is 8.79. The zero-order chi connectivity index (χ0) is 27.6. The molecular formula is C29H28ClNO7. The number of carbonyl (C=O) groups excluding carboxylic acids is 2. The van der Waals surface area contributed by atoms with Crippen molar-refractivity contribution in [2.75, 3.05) is 26.2 Å². The first kappa shape index (κ1) is 26.9. The van der Waals surface area contributed by atoms with Crippen LogP contribution in [0.5, 0.6) is 23.0 Å². The Bertz CT molecular complexity index is 1380. The van der Waals surface area contributed by atoms with Gasteiger partial charge in [-0.05, 0) is 61.9 Å². The maximum absolute atomic E-state index is 13.5. The Balaban J connectivity index is 1.93. The fourth-order valence-electron chi connectivity index (χ4n) is 4.35. The van der Waals surface area contributed by atoms with Crippen LogP contribution in [0, 0.1) is 0 Å². The Morgan fingerprint density at radius 3 is 2.03 bits per heavy atom. The fourth-order valence-corrected chi connectivity index (χ4v) is 4.59. The van der Waals surface area contributed by atoms with E-state index in [1.54, 1.807) is 48.5 Å². The van der Waals surface area contributed by atoms with Gasteiger partial charge in [0.1, 0.15) is 28.8 Å². The lowest BCUT2D eigenvalue weighted by Crippen LogP contribution is -2.29. The number of nitrogens with zero attached hydrogens (tertiary/aromatic N) is 1. The third-order valence-corrected chi connectivity index (χ3v) is 6.39. The monoisotopic (exact) mass is 537 g/mol. The van der Waals surface area contributed by atoms with Gasteiger partial charge in [-0.15, -0.1) is 0 Å². The lowest BCUT2D eigenvalue weighted by atomic mass is 9.94. The third-order valence-electron chi connectivity index (χ3n) is 6.09. The second kappa shape index (κ2) is 11.1. The molecule has 3 aromatic rings. The molecule has 0 radical (unpaired) electrons. The van der Waals surface area contributed by atoms with Crippen LogP contribution in [0.1, 0.15) is 31.0 Å². The molecule has 1 heterocycles. The number of benzene rings is 3. The maximum Gasteiger partial charge on any atom is 0.300 e. The number of carbonyl (C=O) groups is 2. The minimum Gasteiger partial charge on any atom is -0.507 e. The van der Waals surface area contributed by atoms with E-state index in [-0.39, 0.29) is 28.0 Å². The molecule has 1 aliphatic heterocycles. The summed E-state index contributed by atoms with van der Waals surface area (Å²) in [5.41, 5.74) is 1.09. The second-order valence-corrected chi connectivity index (χ2v) is 9.20. The zero-order valence-electron chi connectivity index (χ0n) is 21.7. The number of ether oxygens (including phenoxy) is 4. The summed E-state index contributed by atoms with van der Waals surface area (Å²) in [5.74, 6) is -0.283. The first-order valence-corrected chi connectivity index (χ1v) is 12.2. The SMILES string of the molecule is COc1ccc(N2C(=O)C(=O)/C(=C(/O)c3cc(Cl)c(OC)cc3OC)C2c2ccc(OC(C)C)cc2)cc1. The molecule has 1 unspecified atom stereocenters. The van der Waals surface area contributed by atoms with Gasteiger partial charge in [-0.3, -0.25) is 14.5 Å². The largest absolute Gasteiger partial charge is 0.507 e. The molecule has 9 heteroatoms. The number of amides is 1. The molecular weight excluding hydrogens is 510 g/mol. The summed E-state index contributed by atoms with van der Waals surface area (Å²) in [4.78, 5) is 28.2. The van der Waals surface area contributed by atoms with E-state index >= 15 is 0 Å². The van der Waals surface area contributed by atoms with Crippen molar-refractivity contribution >= 4 is 34.7 Å². The molecule has 1 saturated heterocycles. The Morgan fingerprint density at radius 1 is 0.868 bits per heavy atom. The fraction of sp³-hybridized carbons (Fsp3) is 0.241. The lowest BCUT2D eigenvalue weighted by Gasteiger charge is -2.26. The number of anilines is 1. The molecule has 38 heavy (non-hydrogen) atoms. The van der Waals surface area contributed by atoms with Crippen LogP contribution in [0.2, 0.25) is 5.02 Å². The number of hydrogen-bond acceptors (Lipinski definition) is 7. The van der Waals surface area contributed by atoms with Crippen LogP contribution in [0.4, 0.5) is 5.69 Å². The summed E-state index contributed by atoms with van der Waals surface area (Å²) >= 11 is 6.34. The Labute approximate surface area is 225 Å². The van der Waals surface area contributed by atoms with Gasteiger partial charge >= 0.3 is 0 Å². The highest BCUT2D eigenvalue weighted by molar-refractivity contribution is 6.51. The first-order valence-electron chi connectivity index (χ1n) is 11.8.